The Kier molecular flexibility index (Phi) is 4.58. The molecular formula is C22H28N4. The van der Waals surface area contributed by atoms with Gasteiger partial charge in [0.2, 0.25) is 0 Å². The minimum Gasteiger partial charge on any atom is -0.377 e. The van der Waals surface area contributed by atoms with Gasteiger partial charge in [-0.3, -0.25) is 4.99 Å². The summed E-state index contributed by atoms with van der Waals surface area (Å²) in [5.74, 6) is 1.10. The first kappa shape index (κ1) is 17.0. The third-order valence-electron chi connectivity index (χ3n) is 5.60. The first-order valence-electron chi connectivity index (χ1n) is 9.62. The van der Waals surface area contributed by atoms with Crippen LogP contribution in [0, 0.1) is 0 Å². The molecule has 2 N–H and O–H groups in total. The van der Waals surface area contributed by atoms with Gasteiger partial charge >= 0.3 is 0 Å². The number of amidine groups is 1. The van der Waals surface area contributed by atoms with Crippen LogP contribution in [-0.2, 0) is 6.54 Å². The summed E-state index contributed by atoms with van der Waals surface area (Å²) in [7, 11) is 4.18. The molecule has 136 valence electrons. The van der Waals surface area contributed by atoms with E-state index in [1.54, 1.807) is 0 Å². The molecule has 0 amide bonds. The van der Waals surface area contributed by atoms with E-state index in [0.717, 1.165) is 24.4 Å². The highest BCUT2D eigenvalue weighted by Gasteiger charge is 2.40. The van der Waals surface area contributed by atoms with Crippen LogP contribution in [0.15, 0.2) is 53.5 Å². The Bertz CT molecular complexity index is 803. The second kappa shape index (κ2) is 7.02. The zero-order valence-corrected chi connectivity index (χ0v) is 15.8. The minimum atomic E-state index is -0.0420. The molecule has 2 aromatic carbocycles. The minimum absolute atomic E-state index is 0.0420. The van der Waals surface area contributed by atoms with Crippen molar-refractivity contribution in [2.45, 2.75) is 44.2 Å². The van der Waals surface area contributed by atoms with E-state index in [9.17, 15) is 0 Å². The molecule has 4 heteroatoms. The van der Waals surface area contributed by atoms with Crippen LogP contribution in [0.5, 0.6) is 0 Å². The normalized spacial score (nSPS) is 19.5. The topological polar surface area (TPSA) is 39.7 Å². The maximum absolute atomic E-state index is 5.09. The molecule has 0 radical (unpaired) electrons. The lowest BCUT2D eigenvalue weighted by atomic mass is 9.79. The standard InChI is InChI=1S/C22H28N4/c1-26(2)20-13-7-4-10-17(20)16-23-21-22(14-8-3-9-15-22)25-19-12-6-5-11-18(19)24-21/h4-7,10-13,25H,3,8-9,14-16H2,1-2H3,(H,23,24). The van der Waals surface area contributed by atoms with Crippen molar-refractivity contribution < 1.29 is 0 Å². The van der Waals surface area contributed by atoms with Gasteiger partial charge in [-0.05, 0) is 36.6 Å². The predicted molar refractivity (Wildman–Crippen MR) is 111 cm³/mol. The number of fused-ring (bicyclic) bond motifs is 1. The summed E-state index contributed by atoms with van der Waals surface area (Å²) < 4.78 is 0. The summed E-state index contributed by atoms with van der Waals surface area (Å²) in [6.07, 6.45) is 6.11. The Labute approximate surface area is 156 Å². The SMILES string of the molecule is CN(C)c1ccccc1CN=C1Nc2ccccc2NC12CCCCC2. The van der Waals surface area contributed by atoms with Gasteiger partial charge in [0.1, 0.15) is 5.84 Å². The van der Waals surface area contributed by atoms with Crippen LogP contribution < -0.4 is 15.5 Å². The van der Waals surface area contributed by atoms with Gasteiger partial charge in [-0.15, -0.1) is 0 Å². The molecule has 1 heterocycles. The van der Waals surface area contributed by atoms with E-state index < -0.39 is 0 Å². The van der Waals surface area contributed by atoms with E-state index in [4.69, 9.17) is 4.99 Å². The fourth-order valence-corrected chi connectivity index (χ4v) is 4.22. The maximum Gasteiger partial charge on any atom is 0.127 e. The highest BCUT2D eigenvalue weighted by atomic mass is 15.2. The number of anilines is 3. The molecule has 1 fully saturated rings. The second-order valence-electron chi connectivity index (χ2n) is 7.63. The zero-order valence-electron chi connectivity index (χ0n) is 15.8. The third kappa shape index (κ3) is 3.16. The Morgan fingerprint density at radius 2 is 1.62 bits per heavy atom. The van der Waals surface area contributed by atoms with Crippen LogP contribution in [0.1, 0.15) is 37.7 Å². The van der Waals surface area contributed by atoms with E-state index in [1.807, 2.05) is 0 Å². The number of hydrogen-bond acceptors (Lipinski definition) is 3. The van der Waals surface area contributed by atoms with E-state index in [0.29, 0.717) is 6.54 Å². The van der Waals surface area contributed by atoms with Gasteiger partial charge in [-0.1, -0.05) is 49.6 Å². The Balaban J connectivity index is 1.68. The van der Waals surface area contributed by atoms with Gasteiger partial charge < -0.3 is 15.5 Å². The predicted octanol–water partition coefficient (Wildman–Crippen LogP) is 4.89. The van der Waals surface area contributed by atoms with Crippen LogP contribution >= 0.6 is 0 Å². The smallest absolute Gasteiger partial charge is 0.127 e. The fourth-order valence-electron chi connectivity index (χ4n) is 4.22. The average Bonchev–Trinajstić information content (AvgIpc) is 2.67. The molecule has 4 nitrogen and oxygen atoms in total. The molecule has 2 aromatic rings. The number of nitrogens with one attached hydrogen (secondary N) is 2. The lowest BCUT2D eigenvalue weighted by Crippen LogP contribution is -2.53. The molecule has 0 aromatic heterocycles. The first-order valence-corrected chi connectivity index (χ1v) is 9.62. The monoisotopic (exact) mass is 348 g/mol. The molecular weight excluding hydrogens is 320 g/mol. The largest absolute Gasteiger partial charge is 0.377 e. The van der Waals surface area contributed by atoms with Crippen LogP contribution in [0.25, 0.3) is 0 Å². The van der Waals surface area contributed by atoms with Crippen LogP contribution in [0.4, 0.5) is 17.1 Å². The highest BCUT2D eigenvalue weighted by molar-refractivity contribution is 6.09. The average molecular weight is 348 g/mol. The van der Waals surface area contributed by atoms with Gasteiger partial charge in [0.05, 0.1) is 23.5 Å². The second-order valence-corrected chi connectivity index (χ2v) is 7.63. The number of aliphatic imine (C=N–C) groups is 1. The Morgan fingerprint density at radius 1 is 0.923 bits per heavy atom. The Morgan fingerprint density at radius 3 is 2.38 bits per heavy atom. The molecule has 1 aliphatic carbocycles. The summed E-state index contributed by atoms with van der Waals surface area (Å²) in [4.78, 5) is 7.25. The highest BCUT2D eigenvalue weighted by Crippen LogP contribution is 2.39. The summed E-state index contributed by atoms with van der Waals surface area (Å²) in [5.41, 5.74) is 4.78. The van der Waals surface area contributed by atoms with Gasteiger partial charge in [-0.2, -0.15) is 0 Å². The lowest BCUT2D eigenvalue weighted by Gasteiger charge is -2.44. The molecule has 1 saturated carbocycles. The molecule has 0 unspecified atom stereocenters. The Hall–Kier alpha value is -2.49. The quantitative estimate of drug-likeness (QED) is 0.829. The molecule has 4 rings (SSSR count). The van der Waals surface area contributed by atoms with Crippen molar-refractivity contribution >= 4 is 22.9 Å². The van der Waals surface area contributed by atoms with Gasteiger partial charge in [0.25, 0.3) is 0 Å². The van der Waals surface area contributed by atoms with Gasteiger partial charge in [0.15, 0.2) is 0 Å². The summed E-state index contributed by atoms with van der Waals surface area (Å²) in [6.45, 7) is 0.697. The van der Waals surface area contributed by atoms with Crippen molar-refractivity contribution in [2.24, 2.45) is 4.99 Å². The van der Waals surface area contributed by atoms with Crippen molar-refractivity contribution in [1.82, 2.24) is 0 Å². The van der Waals surface area contributed by atoms with E-state index in [2.05, 4.69) is 78.2 Å². The molecule has 2 aliphatic rings. The summed E-state index contributed by atoms with van der Waals surface area (Å²) in [5, 5.41) is 7.48. The maximum atomic E-state index is 5.09. The number of benzene rings is 2. The van der Waals surface area contributed by atoms with Crippen molar-refractivity contribution in [2.75, 3.05) is 29.6 Å². The number of nitrogens with zero attached hydrogens (tertiary/aromatic N) is 2. The van der Waals surface area contributed by atoms with E-state index in [-0.39, 0.29) is 5.54 Å². The summed E-state index contributed by atoms with van der Waals surface area (Å²) in [6, 6.07) is 17.0. The first-order chi connectivity index (χ1) is 12.7. The van der Waals surface area contributed by atoms with E-state index in [1.165, 1.54) is 36.2 Å². The molecule has 1 aliphatic heterocycles. The number of para-hydroxylation sites is 3. The molecule has 0 bridgehead atoms. The van der Waals surface area contributed by atoms with E-state index >= 15 is 0 Å². The van der Waals surface area contributed by atoms with Gasteiger partial charge in [0, 0.05) is 19.8 Å². The van der Waals surface area contributed by atoms with Crippen molar-refractivity contribution in [3.05, 3.63) is 54.1 Å². The van der Waals surface area contributed by atoms with Crippen LogP contribution in [-0.4, -0.2) is 25.5 Å². The summed E-state index contributed by atoms with van der Waals surface area (Å²) >= 11 is 0. The third-order valence-corrected chi connectivity index (χ3v) is 5.60. The number of hydrogen-bond donors (Lipinski definition) is 2. The fraction of sp³-hybridized carbons (Fsp3) is 0.409. The zero-order chi connectivity index (χ0) is 18.0. The molecule has 1 spiro atoms. The van der Waals surface area contributed by atoms with Crippen molar-refractivity contribution in [1.29, 1.82) is 0 Å². The van der Waals surface area contributed by atoms with Crippen molar-refractivity contribution in [3.63, 3.8) is 0 Å². The van der Waals surface area contributed by atoms with Gasteiger partial charge in [-0.25, -0.2) is 0 Å². The molecule has 0 saturated heterocycles. The molecule has 0 atom stereocenters. The lowest BCUT2D eigenvalue weighted by molar-refractivity contribution is 0.403. The molecule has 26 heavy (non-hydrogen) atoms. The van der Waals surface area contributed by atoms with Crippen LogP contribution in [0.3, 0.4) is 0 Å². The van der Waals surface area contributed by atoms with Crippen LogP contribution in [0.2, 0.25) is 0 Å². The number of rotatable bonds is 3. The van der Waals surface area contributed by atoms with Crippen molar-refractivity contribution in [3.8, 4) is 0 Å².